The predicted molar refractivity (Wildman–Crippen MR) is 158 cm³/mol. The van der Waals surface area contributed by atoms with Crippen molar-refractivity contribution < 1.29 is 38.5 Å². The minimum absolute atomic E-state index is 0.0880. The number of nitrogens with zero attached hydrogens (tertiary/aromatic N) is 1. The molecular weight excluding hydrogens is 528 g/mol. The average molecular weight is 588 g/mol. The molecule has 10 nitrogen and oxygen atoms in total. The van der Waals surface area contributed by atoms with E-state index < -0.39 is 11.3 Å². The molecule has 0 saturated carbocycles. The Labute approximate surface area is 249 Å². The Hall–Kier alpha value is -1.30. The van der Waals surface area contributed by atoms with E-state index >= 15 is 0 Å². The normalized spacial score (nSPS) is 18.6. The topological polar surface area (TPSA) is 115 Å². The Morgan fingerprint density at radius 1 is 0.732 bits per heavy atom. The summed E-state index contributed by atoms with van der Waals surface area (Å²) < 4.78 is 26.9. The Bertz CT molecular complexity index is 679. The zero-order valence-corrected chi connectivity index (χ0v) is 26.5. The fourth-order valence-electron chi connectivity index (χ4n) is 4.70. The van der Waals surface area contributed by atoms with E-state index in [0.29, 0.717) is 39.5 Å². The van der Waals surface area contributed by atoms with Gasteiger partial charge < -0.3 is 29.0 Å². The Morgan fingerprint density at radius 2 is 1.22 bits per heavy atom. The van der Waals surface area contributed by atoms with Gasteiger partial charge in [-0.25, -0.2) is 0 Å². The molecule has 0 bridgehead atoms. The number of hydroxylamine groups is 2. The van der Waals surface area contributed by atoms with Gasteiger partial charge in [0.05, 0.1) is 51.7 Å². The van der Waals surface area contributed by atoms with Crippen LogP contribution in [-0.2, 0) is 38.5 Å². The molecule has 1 fully saturated rings. The molecule has 1 atom stereocenters. The van der Waals surface area contributed by atoms with Crippen LogP contribution in [0, 0.1) is 0 Å². The molecule has 41 heavy (non-hydrogen) atoms. The van der Waals surface area contributed by atoms with Crippen LogP contribution in [-0.4, -0.2) is 87.6 Å². The lowest BCUT2D eigenvalue weighted by molar-refractivity contribution is -0.281. The summed E-state index contributed by atoms with van der Waals surface area (Å²) in [6.45, 7) is 9.75. The van der Waals surface area contributed by atoms with Crippen molar-refractivity contribution in [3.05, 3.63) is 0 Å². The van der Waals surface area contributed by atoms with Crippen molar-refractivity contribution in [2.45, 2.75) is 129 Å². The second kappa shape index (κ2) is 23.2. The van der Waals surface area contributed by atoms with Crippen molar-refractivity contribution in [2.75, 3.05) is 59.4 Å². The smallest absolute Gasteiger partial charge is 0.305 e. The van der Waals surface area contributed by atoms with Gasteiger partial charge >= 0.3 is 5.97 Å². The number of nitrogens with one attached hydrogen (secondary N) is 1. The van der Waals surface area contributed by atoms with Crippen molar-refractivity contribution in [2.24, 2.45) is 0 Å². The second-order valence-electron chi connectivity index (χ2n) is 11.8. The molecule has 1 amide bonds. The maximum absolute atomic E-state index is 12.3. The first-order chi connectivity index (χ1) is 19.7. The van der Waals surface area contributed by atoms with Crippen LogP contribution in [0.15, 0.2) is 0 Å². The average Bonchev–Trinajstić information content (AvgIpc) is 3.16. The third-order valence-electron chi connectivity index (χ3n) is 7.28. The van der Waals surface area contributed by atoms with Gasteiger partial charge in [0.15, 0.2) is 5.72 Å². The van der Waals surface area contributed by atoms with E-state index in [4.69, 9.17) is 23.7 Å². The molecule has 0 aromatic rings. The monoisotopic (exact) mass is 587 g/mol. The second-order valence-corrected chi connectivity index (χ2v) is 11.8. The number of esters is 1. The van der Waals surface area contributed by atoms with Crippen LogP contribution in [0.25, 0.3) is 0 Å². The molecule has 10 heteroatoms. The fraction of sp³-hybridized carbons (Fsp3) is 0.935. The molecular formula is C31H59N2O8. The highest BCUT2D eigenvalue weighted by molar-refractivity contribution is 5.77. The highest BCUT2D eigenvalue weighted by Crippen LogP contribution is 2.32. The van der Waals surface area contributed by atoms with E-state index in [2.05, 4.69) is 12.2 Å². The first-order valence-corrected chi connectivity index (χ1v) is 16.0. The van der Waals surface area contributed by atoms with Crippen LogP contribution in [0.3, 0.4) is 0 Å². The summed E-state index contributed by atoms with van der Waals surface area (Å²) in [5, 5.41) is 15.9. The van der Waals surface area contributed by atoms with Crippen molar-refractivity contribution in [3.8, 4) is 0 Å². The standard InChI is InChI=1S/C31H59N2O8/c1-5-6-7-8-9-10-11-12-13-14-15-16-17-18-29(35)40-24-23-38-20-19-37-21-22-39-25-28(34)32-26-31(4)33(36)30(2,3)27-41-31/h5-27H2,1-4H3,(H,32,34). The molecule has 1 rings (SSSR count). The molecule has 1 aliphatic rings. The maximum atomic E-state index is 12.3. The summed E-state index contributed by atoms with van der Waals surface area (Å²) in [7, 11) is 0. The number of carbonyl (C=O) groups is 2. The summed E-state index contributed by atoms with van der Waals surface area (Å²) in [4.78, 5) is 23.8. The fourth-order valence-corrected chi connectivity index (χ4v) is 4.70. The summed E-state index contributed by atoms with van der Waals surface area (Å²) in [5.74, 6) is -0.479. The van der Waals surface area contributed by atoms with E-state index in [1.54, 1.807) is 20.8 Å². The molecule has 1 saturated heterocycles. The first kappa shape index (κ1) is 37.7. The molecule has 0 spiro atoms. The SMILES string of the molecule is CCCCCCCCCCCCCCCC(=O)OCCOCCOCCOCC(=O)NCC1(C)OCC(C)(C)N1[O]. The van der Waals surface area contributed by atoms with Gasteiger partial charge in [0, 0.05) is 6.42 Å². The molecule has 0 aromatic heterocycles. The van der Waals surface area contributed by atoms with Gasteiger partial charge in [0.2, 0.25) is 5.91 Å². The summed E-state index contributed by atoms with van der Waals surface area (Å²) in [6.07, 6.45) is 17.2. The van der Waals surface area contributed by atoms with Gasteiger partial charge in [0.1, 0.15) is 13.2 Å². The highest BCUT2D eigenvalue weighted by atomic mass is 16.6. The lowest BCUT2D eigenvalue weighted by Crippen LogP contribution is -2.53. The van der Waals surface area contributed by atoms with Crippen molar-refractivity contribution in [1.29, 1.82) is 0 Å². The van der Waals surface area contributed by atoms with Crippen LogP contribution in [0.4, 0.5) is 0 Å². The van der Waals surface area contributed by atoms with Gasteiger partial charge in [-0.15, -0.1) is 10.3 Å². The number of ether oxygens (including phenoxy) is 5. The number of hydrogen-bond acceptors (Lipinski definition) is 8. The Balaban J connectivity index is 1.80. The van der Waals surface area contributed by atoms with Crippen molar-refractivity contribution in [1.82, 2.24) is 10.4 Å². The minimum atomic E-state index is -1.08. The minimum Gasteiger partial charge on any atom is -0.463 e. The lowest BCUT2D eigenvalue weighted by atomic mass is 10.0. The summed E-state index contributed by atoms with van der Waals surface area (Å²) in [6, 6.07) is 0. The van der Waals surface area contributed by atoms with E-state index in [9.17, 15) is 14.8 Å². The zero-order valence-electron chi connectivity index (χ0n) is 26.5. The molecule has 241 valence electrons. The van der Waals surface area contributed by atoms with Gasteiger partial charge in [0.25, 0.3) is 0 Å². The molecule has 1 radical (unpaired) electrons. The number of amides is 1. The Kier molecular flexibility index (Phi) is 21.3. The number of hydrogen-bond donors (Lipinski definition) is 1. The van der Waals surface area contributed by atoms with Gasteiger partial charge in [-0.2, -0.15) is 0 Å². The molecule has 1 aliphatic heterocycles. The van der Waals surface area contributed by atoms with Gasteiger partial charge in [-0.3, -0.25) is 9.59 Å². The first-order valence-electron chi connectivity index (χ1n) is 16.0. The Morgan fingerprint density at radius 3 is 1.73 bits per heavy atom. The molecule has 0 aliphatic carbocycles. The van der Waals surface area contributed by atoms with E-state index in [0.717, 1.165) is 17.9 Å². The van der Waals surface area contributed by atoms with E-state index in [-0.39, 0.29) is 38.2 Å². The maximum Gasteiger partial charge on any atom is 0.305 e. The largest absolute Gasteiger partial charge is 0.463 e. The van der Waals surface area contributed by atoms with Crippen LogP contribution in [0.2, 0.25) is 0 Å². The van der Waals surface area contributed by atoms with Gasteiger partial charge in [-0.05, 0) is 27.2 Å². The third kappa shape index (κ3) is 18.8. The molecule has 1 heterocycles. The van der Waals surface area contributed by atoms with Crippen LogP contribution >= 0.6 is 0 Å². The van der Waals surface area contributed by atoms with Crippen LogP contribution < -0.4 is 5.32 Å². The predicted octanol–water partition coefficient (Wildman–Crippen LogP) is 5.35. The number of unbranched alkanes of at least 4 members (excludes halogenated alkanes) is 12. The van der Waals surface area contributed by atoms with Crippen LogP contribution in [0.1, 0.15) is 118 Å². The third-order valence-corrected chi connectivity index (χ3v) is 7.28. The quantitative estimate of drug-likeness (QED) is 0.101. The van der Waals surface area contributed by atoms with Crippen molar-refractivity contribution in [3.63, 3.8) is 0 Å². The highest BCUT2D eigenvalue weighted by Gasteiger charge is 2.50. The summed E-state index contributed by atoms with van der Waals surface area (Å²) in [5.41, 5.74) is -1.69. The zero-order chi connectivity index (χ0) is 30.2. The van der Waals surface area contributed by atoms with E-state index in [1.165, 1.54) is 70.6 Å². The number of carbonyl (C=O) groups excluding carboxylic acids is 2. The van der Waals surface area contributed by atoms with Crippen LogP contribution in [0.5, 0.6) is 0 Å². The van der Waals surface area contributed by atoms with E-state index in [1.807, 2.05) is 0 Å². The lowest BCUT2D eigenvalue weighted by Gasteiger charge is -2.32. The molecule has 1 unspecified atom stereocenters. The van der Waals surface area contributed by atoms with Gasteiger partial charge in [-0.1, -0.05) is 84.0 Å². The summed E-state index contributed by atoms with van der Waals surface area (Å²) >= 11 is 0. The van der Waals surface area contributed by atoms with Crippen molar-refractivity contribution >= 4 is 11.9 Å². The number of rotatable bonds is 27. The molecule has 1 N–H and O–H groups in total. The molecule has 0 aromatic carbocycles.